The third kappa shape index (κ3) is 2.35. The number of nitrogens with zero attached hydrogens (tertiary/aromatic N) is 3. The van der Waals surface area contributed by atoms with Crippen molar-refractivity contribution in [2.45, 2.75) is 6.04 Å². The first kappa shape index (κ1) is 12.6. The van der Waals surface area contributed by atoms with Gasteiger partial charge in [0.25, 0.3) is 0 Å². The molecule has 0 aliphatic carbocycles. The minimum Gasteiger partial charge on any atom is -0.309 e. The number of rotatable bonds is 3. The lowest BCUT2D eigenvalue weighted by molar-refractivity contribution is 0.609. The van der Waals surface area contributed by atoms with E-state index in [1.165, 1.54) is 12.3 Å². The van der Waals surface area contributed by atoms with Crippen LogP contribution in [0, 0.1) is 5.82 Å². The van der Waals surface area contributed by atoms with Crippen LogP contribution in [0.4, 0.5) is 4.39 Å². The zero-order valence-electron chi connectivity index (χ0n) is 10.9. The first-order chi connectivity index (χ1) is 9.78. The molecule has 1 aromatic carbocycles. The Hall–Kier alpha value is -2.40. The number of hydrogen-bond donors (Lipinski definition) is 1. The Morgan fingerprint density at radius 3 is 2.55 bits per heavy atom. The molecule has 0 spiro atoms. The van der Waals surface area contributed by atoms with Gasteiger partial charge in [-0.3, -0.25) is 15.0 Å². The highest BCUT2D eigenvalue weighted by molar-refractivity contribution is 5.74. The van der Waals surface area contributed by atoms with Gasteiger partial charge < -0.3 is 5.32 Å². The summed E-state index contributed by atoms with van der Waals surface area (Å²) < 4.78 is 13.3. The van der Waals surface area contributed by atoms with E-state index >= 15 is 0 Å². The number of hydrogen-bond acceptors (Lipinski definition) is 4. The second-order valence-corrected chi connectivity index (χ2v) is 4.46. The quantitative estimate of drug-likeness (QED) is 0.793. The van der Waals surface area contributed by atoms with E-state index in [0.717, 1.165) is 22.2 Å². The summed E-state index contributed by atoms with van der Waals surface area (Å²) in [6.45, 7) is 0. The van der Waals surface area contributed by atoms with Gasteiger partial charge in [-0.2, -0.15) is 0 Å². The van der Waals surface area contributed by atoms with Crippen molar-refractivity contribution in [3.05, 3.63) is 66.0 Å². The molecule has 0 aliphatic rings. The van der Waals surface area contributed by atoms with E-state index in [1.807, 2.05) is 25.2 Å². The third-order valence-electron chi connectivity index (χ3n) is 3.17. The number of nitrogens with one attached hydrogen (secondary N) is 1. The molecular formula is C15H13FN4. The maximum atomic E-state index is 13.3. The van der Waals surface area contributed by atoms with Crippen molar-refractivity contribution in [3.8, 4) is 0 Å². The van der Waals surface area contributed by atoms with Gasteiger partial charge in [0.05, 0.1) is 23.3 Å². The molecule has 1 unspecified atom stereocenters. The Morgan fingerprint density at radius 1 is 1.00 bits per heavy atom. The van der Waals surface area contributed by atoms with Gasteiger partial charge in [-0.25, -0.2) is 4.39 Å². The predicted molar refractivity (Wildman–Crippen MR) is 74.6 cm³/mol. The standard InChI is InChI=1S/C15H13FN4/c1-17-15(11-6-12(16)9-18-8-11)10-2-3-13-14(7-10)20-5-4-19-13/h2-9,15,17H,1H3. The van der Waals surface area contributed by atoms with Crippen molar-refractivity contribution in [1.82, 2.24) is 20.3 Å². The summed E-state index contributed by atoms with van der Waals surface area (Å²) in [5, 5.41) is 3.17. The lowest BCUT2D eigenvalue weighted by atomic mass is 10.00. The van der Waals surface area contributed by atoms with Gasteiger partial charge in [-0.05, 0) is 36.4 Å². The Morgan fingerprint density at radius 2 is 1.80 bits per heavy atom. The first-order valence-electron chi connectivity index (χ1n) is 6.26. The van der Waals surface area contributed by atoms with Crippen molar-refractivity contribution < 1.29 is 4.39 Å². The van der Waals surface area contributed by atoms with Crippen LogP contribution in [-0.4, -0.2) is 22.0 Å². The van der Waals surface area contributed by atoms with Crippen LogP contribution in [0.15, 0.2) is 49.1 Å². The molecular weight excluding hydrogens is 255 g/mol. The Balaban J connectivity index is 2.07. The normalized spacial score (nSPS) is 12.5. The molecule has 2 aromatic heterocycles. The third-order valence-corrected chi connectivity index (χ3v) is 3.17. The Labute approximate surface area is 115 Å². The zero-order chi connectivity index (χ0) is 13.9. The number of benzene rings is 1. The van der Waals surface area contributed by atoms with E-state index in [4.69, 9.17) is 0 Å². The minimum atomic E-state index is -0.344. The van der Waals surface area contributed by atoms with Gasteiger partial charge in [0.1, 0.15) is 5.82 Å². The van der Waals surface area contributed by atoms with Crippen LogP contribution in [0.5, 0.6) is 0 Å². The summed E-state index contributed by atoms with van der Waals surface area (Å²) in [5.41, 5.74) is 3.42. The van der Waals surface area contributed by atoms with Gasteiger partial charge in [0, 0.05) is 18.6 Å². The highest BCUT2D eigenvalue weighted by atomic mass is 19.1. The average Bonchev–Trinajstić information content (AvgIpc) is 2.48. The van der Waals surface area contributed by atoms with Gasteiger partial charge in [0.2, 0.25) is 0 Å². The topological polar surface area (TPSA) is 50.7 Å². The van der Waals surface area contributed by atoms with Crippen molar-refractivity contribution in [3.63, 3.8) is 0 Å². The summed E-state index contributed by atoms with van der Waals surface area (Å²) in [5.74, 6) is -0.344. The second kappa shape index (κ2) is 5.30. The summed E-state index contributed by atoms with van der Waals surface area (Å²) in [6.07, 6.45) is 6.17. The number of aromatic nitrogens is 3. The average molecular weight is 268 g/mol. The molecule has 100 valence electrons. The molecule has 0 saturated carbocycles. The van der Waals surface area contributed by atoms with E-state index in [9.17, 15) is 4.39 Å². The maximum absolute atomic E-state index is 13.3. The van der Waals surface area contributed by atoms with Crippen LogP contribution in [0.25, 0.3) is 11.0 Å². The summed E-state index contributed by atoms with van der Waals surface area (Å²) >= 11 is 0. The molecule has 1 atom stereocenters. The highest BCUT2D eigenvalue weighted by Gasteiger charge is 2.13. The minimum absolute atomic E-state index is 0.135. The number of fused-ring (bicyclic) bond motifs is 1. The lowest BCUT2D eigenvalue weighted by Crippen LogP contribution is -2.18. The number of pyridine rings is 1. The molecule has 0 aliphatic heterocycles. The van der Waals surface area contributed by atoms with Crippen molar-refractivity contribution in [2.75, 3.05) is 7.05 Å². The van der Waals surface area contributed by atoms with Crippen molar-refractivity contribution in [2.24, 2.45) is 0 Å². The monoisotopic (exact) mass is 268 g/mol. The molecule has 1 N–H and O–H groups in total. The molecule has 5 heteroatoms. The van der Waals surface area contributed by atoms with Crippen LogP contribution in [0.3, 0.4) is 0 Å². The van der Waals surface area contributed by atoms with Gasteiger partial charge in [0.15, 0.2) is 0 Å². The fraction of sp³-hybridized carbons (Fsp3) is 0.133. The van der Waals surface area contributed by atoms with E-state index < -0.39 is 0 Å². The van der Waals surface area contributed by atoms with E-state index in [2.05, 4.69) is 20.3 Å². The van der Waals surface area contributed by atoms with E-state index in [-0.39, 0.29) is 11.9 Å². The molecule has 0 radical (unpaired) electrons. The fourth-order valence-electron chi connectivity index (χ4n) is 2.27. The first-order valence-corrected chi connectivity index (χ1v) is 6.26. The van der Waals surface area contributed by atoms with Crippen molar-refractivity contribution >= 4 is 11.0 Å². The molecule has 0 saturated heterocycles. The van der Waals surface area contributed by atoms with Gasteiger partial charge in [-0.15, -0.1) is 0 Å². The Kier molecular flexibility index (Phi) is 3.35. The molecule has 3 rings (SSSR count). The van der Waals surface area contributed by atoms with Crippen LogP contribution in [-0.2, 0) is 0 Å². The van der Waals surface area contributed by atoms with Crippen LogP contribution < -0.4 is 5.32 Å². The smallest absolute Gasteiger partial charge is 0.141 e. The summed E-state index contributed by atoms with van der Waals surface area (Å²) in [6, 6.07) is 7.17. The fourth-order valence-corrected chi connectivity index (χ4v) is 2.27. The predicted octanol–water partition coefficient (Wildman–Crippen LogP) is 2.47. The molecule has 0 fully saturated rings. The molecule has 2 heterocycles. The molecule has 0 amide bonds. The summed E-state index contributed by atoms with van der Waals surface area (Å²) in [4.78, 5) is 12.4. The summed E-state index contributed by atoms with van der Waals surface area (Å²) in [7, 11) is 1.83. The molecule has 4 nitrogen and oxygen atoms in total. The van der Waals surface area contributed by atoms with Gasteiger partial charge in [-0.1, -0.05) is 6.07 Å². The molecule has 3 aromatic rings. The zero-order valence-corrected chi connectivity index (χ0v) is 10.9. The highest BCUT2D eigenvalue weighted by Crippen LogP contribution is 2.23. The van der Waals surface area contributed by atoms with Crippen LogP contribution >= 0.6 is 0 Å². The Bertz CT molecular complexity index is 745. The maximum Gasteiger partial charge on any atom is 0.141 e. The van der Waals surface area contributed by atoms with Crippen molar-refractivity contribution in [1.29, 1.82) is 0 Å². The number of halogens is 1. The van der Waals surface area contributed by atoms with E-state index in [1.54, 1.807) is 18.6 Å². The second-order valence-electron chi connectivity index (χ2n) is 4.46. The SMILES string of the molecule is CNC(c1cncc(F)c1)c1ccc2nccnc2c1. The van der Waals surface area contributed by atoms with Crippen LogP contribution in [0.2, 0.25) is 0 Å². The largest absolute Gasteiger partial charge is 0.309 e. The lowest BCUT2D eigenvalue weighted by Gasteiger charge is -2.17. The molecule has 20 heavy (non-hydrogen) atoms. The van der Waals surface area contributed by atoms with E-state index in [0.29, 0.717) is 0 Å². The van der Waals surface area contributed by atoms with Gasteiger partial charge >= 0.3 is 0 Å². The molecule has 0 bridgehead atoms. The van der Waals surface area contributed by atoms with Crippen LogP contribution in [0.1, 0.15) is 17.2 Å².